The van der Waals surface area contributed by atoms with Crippen molar-refractivity contribution in [3.8, 4) is 0 Å². The summed E-state index contributed by atoms with van der Waals surface area (Å²) < 4.78 is 9.88. The number of carbonyl (C=O) groups is 1. The van der Waals surface area contributed by atoms with Crippen LogP contribution in [0.3, 0.4) is 0 Å². The van der Waals surface area contributed by atoms with E-state index >= 15 is 0 Å². The van der Waals surface area contributed by atoms with E-state index in [4.69, 9.17) is 9.47 Å². The van der Waals surface area contributed by atoms with E-state index in [0.717, 1.165) is 12.8 Å². The van der Waals surface area contributed by atoms with Crippen LogP contribution in [0.4, 0.5) is 0 Å². The molecule has 0 aromatic carbocycles. The molecule has 0 fully saturated rings. The fourth-order valence-corrected chi connectivity index (χ4v) is 1.37. The van der Waals surface area contributed by atoms with Crippen LogP contribution in [0, 0.1) is 5.92 Å². The second-order valence-electron chi connectivity index (χ2n) is 3.82. The van der Waals surface area contributed by atoms with Gasteiger partial charge in [-0.15, -0.1) is 6.58 Å². The van der Waals surface area contributed by atoms with Gasteiger partial charge >= 0.3 is 5.97 Å². The van der Waals surface area contributed by atoms with Crippen molar-refractivity contribution in [2.45, 2.75) is 33.6 Å². The second kappa shape index (κ2) is 9.16. The van der Waals surface area contributed by atoms with E-state index in [1.54, 1.807) is 13.0 Å². The fraction of sp³-hybridized carbons (Fsp3) is 0.615. The summed E-state index contributed by atoms with van der Waals surface area (Å²) in [5.41, 5.74) is 0.642. The van der Waals surface area contributed by atoms with E-state index < -0.39 is 0 Å². The van der Waals surface area contributed by atoms with Gasteiger partial charge in [-0.3, -0.25) is 0 Å². The number of hydrogen-bond donors (Lipinski definition) is 0. The SMILES string of the molecule is C=CCOCOC(=O)C(C)=CC(C)CCC. The lowest BCUT2D eigenvalue weighted by atomic mass is 10.0. The van der Waals surface area contributed by atoms with Crippen molar-refractivity contribution in [3.05, 3.63) is 24.3 Å². The molecule has 0 aliphatic carbocycles. The van der Waals surface area contributed by atoms with Gasteiger partial charge in [0.05, 0.1) is 6.61 Å². The maximum atomic E-state index is 11.4. The van der Waals surface area contributed by atoms with Crippen LogP contribution in [0.1, 0.15) is 33.6 Å². The maximum absolute atomic E-state index is 11.4. The van der Waals surface area contributed by atoms with Crippen molar-refractivity contribution in [1.82, 2.24) is 0 Å². The second-order valence-corrected chi connectivity index (χ2v) is 3.82. The van der Waals surface area contributed by atoms with Gasteiger partial charge in [-0.25, -0.2) is 4.79 Å². The molecule has 16 heavy (non-hydrogen) atoms. The summed E-state index contributed by atoms with van der Waals surface area (Å²) >= 11 is 0. The normalized spacial score (nSPS) is 13.3. The average molecular weight is 226 g/mol. The van der Waals surface area contributed by atoms with Crippen LogP contribution in [-0.2, 0) is 14.3 Å². The number of rotatable bonds is 8. The molecule has 0 radical (unpaired) electrons. The molecule has 0 saturated carbocycles. The van der Waals surface area contributed by atoms with Crippen molar-refractivity contribution >= 4 is 5.97 Å². The highest BCUT2D eigenvalue weighted by molar-refractivity contribution is 5.87. The Hall–Kier alpha value is -1.09. The first-order chi connectivity index (χ1) is 7.61. The van der Waals surface area contributed by atoms with E-state index in [1.165, 1.54) is 0 Å². The van der Waals surface area contributed by atoms with Gasteiger partial charge in [0.15, 0.2) is 6.79 Å². The van der Waals surface area contributed by atoms with Crippen molar-refractivity contribution < 1.29 is 14.3 Å². The molecule has 3 nitrogen and oxygen atoms in total. The molecule has 1 unspecified atom stereocenters. The molecule has 0 aromatic rings. The summed E-state index contributed by atoms with van der Waals surface area (Å²) in [4.78, 5) is 11.4. The fourth-order valence-electron chi connectivity index (χ4n) is 1.37. The Morgan fingerprint density at radius 3 is 2.75 bits per heavy atom. The first-order valence-corrected chi connectivity index (χ1v) is 5.66. The zero-order valence-electron chi connectivity index (χ0n) is 10.5. The standard InChI is InChI=1S/C13H22O3/c1-5-7-11(3)9-12(4)13(14)16-10-15-8-6-2/h6,9,11H,2,5,7-8,10H2,1,3-4H3. The van der Waals surface area contributed by atoms with E-state index in [9.17, 15) is 4.79 Å². The number of allylic oxidation sites excluding steroid dienone is 1. The lowest BCUT2D eigenvalue weighted by Crippen LogP contribution is -2.10. The summed E-state index contributed by atoms with van der Waals surface area (Å²) in [5, 5.41) is 0. The molecule has 0 saturated heterocycles. The lowest BCUT2D eigenvalue weighted by molar-refractivity contribution is -0.150. The van der Waals surface area contributed by atoms with Gasteiger partial charge in [0.2, 0.25) is 0 Å². The largest absolute Gasteiger partial charge is 0.435 e. The van der Waals surface area contributed by atoms with Gasteiger partial charge in [-0.2, -0.15) is 0 Å². The molecule has 0 aromatic heterocycles. The quantitative estimate of drug-likeness (QED) is 0.210. The van der Waals surface area contributed by atoms with Crippen molar-refractivity contribution in [2.75, 3.05) is 13.4 Å². The summed E-state index contributed by atoms with van der Waals surface area (Å²) in [5.74, 6) is 0.0960. The van der Waals surface area contributed by atoms with E-state index in [-0.39, 0.29) is 12.8 Å². The molecule has 92 valence electrons. The Labute approximate surface area is 98.1 Å². The van der Waals surface area contributed by atoms with Crippen LogP contribution >= 0.6 is 0 Å². The van der Waals surface area contributed by atoms with Gasteiger partial charge in [0.25, 0.3) is 0 Å². The van der Waals surface area contributed by atoms with Crippen LogP contribution < -0.4 is 0 Å². The highest BCUT2D eigenvalue weighted by Crippen LogP contribution is 2.10. The molecule has 3 heteroatoms. The third-order valence-electron chi connectivity index (χ3n) is 2.11. The molecule has 0 bridgehead atoms. The Balaban J connectivity index is 3.92. The number of hydrogen-bond acceptors (Lipinski definition) is 3. The molecular weight excluding hydrogens is 204 g/mol. The molecule has 0 heterocycles. The van der Waals surface area contributed by atoms with Gasteiger partial charge in [-0.05, 0) is 19.3 Å². The Bertz CT molecular complexity index is 244. The van der Waals surface area contributed by atoms with Crippen molar-refractivity contribution in [2.24, 2.45) is 5.92 Å². The van der Waals surface area contributed by atoms with Gasteiger partial charge in [0.1, 0.15) is 0 Å². The lowest BCUT2D eigenvalue weighted by Gasteiger charge is -2.07. The Morgan fingerprint density at radius 1 is 1.50 bits per heavy atom. The molecule has 0 spiro atoms. The van der Waals surface area contributed by atoms with Gasteiger partial charge < -0.3 is 9.47 Å². The van der Waals surface area contributed by atoms with Crippen LogP contribution in [0.2, 0.25) is 0 Å². The average Bonchev–Trinajstić information content (AvgIpc) is 2.24. The number of esters is 1. The number of carbonyl (C=O) groups excluding carboxylic acids is 1. The van der Waals surface area contributed by atoms with Crippen molar-refractivity contribution in [3.63, 3.8) is 0 Å². The minimum absolute atomic E-state index is 0.0157. The molecule has 0 aliphatic heterocycles. The van der Waals surface area contributed by atoms with Crippen LogP contribution in [-0.4, -0.2) is 19.4 Å². The Morgan fingerprint density at radius 2 is 2.19 bits per heavy atom. The van der Waals surface area contributed by atoms with E-state index in [1.807, 2.05) is 6.08 Å². The minimum atomic E-state index is -0.313. The minimum Gasteiger partial charge on any atom is -0.435 e. The first-order valence-electron chi connectivity index (χ1n) is 5.66. The highest BCUT2D eigenvalue weighted by Gasteiger charge is 2.07. The van der Waals surface area contributed by atoms with E-state index in [0.29, 0.717) is 18.1 Å². The first kappa shape index (κ1) is 14.9. The summed E-state index contributed by atoms with van der Waals surface area (Å²) in [6.45, 7) is 9.85. The summed E-state index contributed by atoms with van der Waals surface area (Å²) in [7, 11) is 0. The van der Waals surface area contributed by atoms with E-state index in [2.05, 4.69) is 20.4 Å². The smallest absolute Gasteiger partial charge is 0.335 e. The predicted octanol–water partition coefficient (Wildman–Crippen LogP) is 3.07. The van der Waals surface area contributed by atoms with Crippen molar-refractivity contribution in [1.29, 1.82) is 0 Å². The summed E-state index contributed by atoms with van der Waals surface area (Å²) in [6.07, 6.45) is 5.75. The molecule has 0 N–H and O–H groups in total. The van der Waals surface area contributed by atoms with Crippen LogP contribution in [0.25, 0.3) is 0 Å². The summed E-state index contributed by atoms with van der Waals surface area (Å²) in [6, 6.07) is 0. The van der Waals surface area contributed by atoms with Gasteiger partial charge in [-0.1, -0.05) is 32.4 Å². The highest BCUT2D eigenvalue weighted by atomic mass is 16.7. The molecule has 0 rings (SSSR count). The molecule has 1 atom stereocenters. The maximum Gasteiger partial charge on any atom is 0.335 e. The topological polar surface area (TPSA) is 35.5 Å². The Kier molecular flexibility index (Phi) is 8.53. The van der Waals surface area contributed by atoms with Gasteiger partial charge in [0, 0.05) is 5.57 Å². The zero-order valence-corrected chi connectivity index (χ0v) is 10.5. The zero-order chi connectivity index (χ0) is 12.4. The third-order valence-corrected chi connectivity index (χ3v) is 2.11. The monoisotopic (exact) mass is 226 g/mol. The molecule has 0 amide bonds. The van der Waals surface area contributed by atoms with Crippen LogP contribution in [0.15, 0.2) is 24.3 Å². The number of ether oxygens (including phenoxy) is 2. The molecule has 0 aliphatic rings. The molecular formula is C13H22O3. The van der Waals surface area contributed by atoms with Crippen LogP contribution in [0.5, 0.6) is 0 Å². The predicted molar refractivity (Wildman–Crippen MR) is 64.9 cm³/mol. The third kappa shape index (κ3) is 7.23.